The first-order valence-corrected chi connectivity index (χ1v) is 7.87. The predicted octanol–water partition coefficient (Wildman–Crippen LogP) is 2.99. The third-order valence-electron chi connectivity index (χ3n) is 3.86. The van der Waals surface area contributed by atoms with E-state index in [1.807, 2.05) is 35.7 Å². The van der Waals surface area contributed by atoms with Gasteiger partial charge in [0, 0.05) is 36.0 Å². The molecule has 0 aliphatic rings. The van der Waals surface area contributed by atoms with Gasteiger partial charge in [-0.2, -0.15) is 9.61 Å². The molecule has 1 N–H and O–H groups in total. The maximum Gasteiger partial charge on any atom is 0.161 e. The Balaban J connectivity index is 2.04. The number of anilines is 1. The van der Waals surface area contributed by atoms with Gasteiger partial charge in [-0.25, -0.2) is 4.98 Å². The van der Waals surface area contributed by atoms with Crippen molar-refractivity contribution < 1.29 is 0 Å². The molecule has 120 valence electrons. The lowest BCUT2D eigenvalue weighted by Gasteiger charge is -2.12. The van der Waals surface area contributed by atoms with Crippen LogP contribution in [0.25, 0.3) is 16.9 Å². The van der Waals surface area contributed by atoms with Crippen LogP contribution in [0.15, 0.2) is 36.4 Å². The van der Waals surface area contributed by atoms with Gasteiger partial charge in [-0.15, -0.1) is 0 Å². The Labute approximate surface area is 137 Å². The van der Waals surface area contributed by atoms with Crippen molar-refractivity contribution in [2.45, 2.75) is 13.8 Å². The van der Waals surface area contributed by atoms with E-state index < -0.39 is 0 Å². The van der Waals surface area contributed by atoms with Crippen LogP contribution in [0.2, 0.25) is 0 Å². The Hall–Kier alpha value is -2.40. The largest absolute Gasteiger partial charge is 0.369 e. The fourth-order valence-electron chi connectivity index (χ4n) is 2.65. The van der Waals surface area contributed by atoms with Crippen LogP contribution in [0.5, 0.6) is 0 Å². The highest BCUT2D eigenvalue weighted by Gasteiger charge is 2.14. The van der Waals surface area contributed by atoms with Crippen molar-refractivity contribution in [1.29, 1.82) is 0 Å². The van der Waals surface area contributed by atoms with Crippen LogP contribution in [-0.2, 0) is 0 Å². The Morgan fingerprint density at radius 1 is 1.13 bits per heavy atom. The van der Waals surface area contributed by atoms with E-state index in [0.717, 1.165) is 47.1 Å². The highest BCUT2D eigenvalue weighted by atomic mass is 15.3. The second kappa shape index (κ2) is 6.38. The molecule has 3 rings (SSSR count). The van der Waals surface area contributed by atoms with Gasteiger partial charge >= 0.3 is 0 Å². The van der Waals surface area contributed by atoms with Crippen molar-refractivity contribution in [3.05, 3.63) is 47.7 Å². The normalized spacial score (nSPS) is 11.3. The molecular weight excluding hydrogens is 286 g/mol. The van der Waals surface area contributed by atoms with E-state index in [4.69, 9.17) is 5.10 Å². The van der Waals surface area contributed by atoms with Crippen LogP contribution >= 0.6 is 0 Å². The van der Waals surface area contributed by atoms with E-state index >= 15 is 0 Å². The number of hydrogen-bond donors (Lipinski definition) is 1. The molecule has 23 heavy (non-hydrogen) atoms. The van der Waals surface area contributed by atoms with Gasteiger partial charge in [0.05, 0.1) is 5.69 Å². The number of nitrogens with one attached hydrogen (secondary N) is 1. The van der Waals surface area contributed by atoms with Crippen LogP contribution in [0.1, 0.15) is 11.3 Å². The molecule has 0 fully saturated rings. The SMILES string of the molecule is Cc1cc(NCCN(C)C)n2nc(-c3ccccc3)c(C)c2n1. The average Bonchev–Trinajstić information content (AvgIpc) is 2.85. The molecule has 2 heterocycles. The lowest BCUT2D eigenvalue weighted by Crippen LogP contribution is -2.21. The van der Waals surface area contributed by atoms with Crippen molar-refractivity contribution in [2.24, 2.45) is 0 Å². The van der Waals surface area contributed by atoms with Gasteiger partial charge in [0.25, 0.3) is 0 Å². The standard InChI is InChI=1S/C18H23N5/c1-13-12-16(19-10-11-22(3)4)23-18(20-13)14(2)17(21-23)15-8-6-5-7-9-15/h5-9,12,19H,10-11H2,1-4H3. The molecule has 0 bridgehead atoms. The minimum atomic E-state index is 0.866. The van der Waals surface area contributed by atoms with Gasteiger partial charge in [-0.05, 0) is 27.9 Å². The molecule has 3 aromatic rings. The Morgan fingerprint density at radius 3 is 2.57 bits per heavy atom. The molecule has 0 unspecified atom stereocenters. The molecule has 0 aliphatic heterocycles. The lowest BCUT2D eigenvalue weighted by molar-refractivity contribution is 0.425. The molecule has 0 aliphatic carbocycles. The molecular formula is C18H23N5. The van der Waals surface area contributed by atoms with E-state index in [1.165, 1.54) is 0 Å². The maximum atomic E-state index is 4.80. The Morgan fingerprint density at radius 2 is 1.87 bits per heavy atom. The summed E-state index contributed by atoms with van der Waals surface area (Å²) in [6, 6.07) is 12.3. The number of benzene rings is 1. The second-order valence-corrected chi connectivity index (χ2v) is 6.09. The molecule has 5 nitrogen and oxygen atoms in total. The number of aromatic nitrogens is 3. The third-order valence-corrected chi connectivity index (χ3v) is 3.86. The van der Waals surface area contributed by atoms with Crippen LogP contribution in [0, 0.1) is 13.8 Å². The highest BCUT2D eigenvalue weighted by Crippen LogP contribution is 2.26. The molecule has 1 aromatic carbocycles. The molecule has 0 saturated carbocycles. The molecule has 0 radical (unpaired) electrons. The third kappa shape index (κ3) is 3.19. The van der Waals surface area contributed by atoms with Crippen molar-refractivity contribution >= 4 is 11.5 Å². The quantitative estimate of drug-likeness (QED) is 0.787. The number of fused-ring (bicyclic) bond motifs is 1. The van der Waals surface area contributed by atoms with Gasteiger partial charge < -0.3 is 10.2 Å². The van der Waals surface area contributed by atoms with E-state index in [2.05, 4.69) is 48.4 Å². The minimum Gasteiger partial charge on any atom is -0.369 e. The summed E-state index contributed by atoms with van der Waals surface area (Å²) in [5.41, 5.74) is 5.12. The van der Waals surface area contributed by atoms with E-state index in [9.17, 15) is 0 Å². The van der Waals surface area contributed by atoms with Gasteiger partial charge in [0.15, 0.2) is 5.65 Å². The first kappa shape index (κ1) is 15.5. The summed E-state index contributed by atoms with van der Waals surface area (Å²) in [6.07, 6.45) is 0. The van der Waals surface area contributed by atoms with Crippen LogP contribution in [-0.4, -0.2) is 46.7 Å². The summed E-state index contributed by atoms with van der Waals surface area (Å²) >= 11 is 0. The summed E-state index contributed by atoms with van der Waals surface area (Å²) in [6.45, 7) is 5.94. The predicted molar refractivity (Wildman–Crippen MR) is 94.9 cm³/mol. The Bertz CT molecular complexity index is 805. The highest BCUT2D eigenvalue weighted by molar-refractivity contribution is 5.71. The molecule has 0 atom stereocenters. The number of aryl methyl sites for hydroxylation is 2. The first-order chi connectivity index (χ1) is 11.1. The monoisotopic (exact) mass is 309 g/mol. The lowest BCUT2D eigenvalue weighted by atomic mass is 10.1. The molecule has 5 heteroatoms. The van der Waals surface area contributed by atoms with Crippen molar-refractivity contribution in [1.82, 2.24) is 19.5 Å². The number of nitrogens with zero attached hydrogens (tertiary/aromatic N) is 4. The van der Waals surface area contributed by atoms with Gasteiger partial charge in [-0.3, -0.25) is 0 Å². The summed E-state index contributed by atoms with van der Waals surface area (Å²) in [5.74, 6) is 0.986. The summed E-state index contributed by atoms with van der Waals surface area (Å²) in [4.78, 5) is 6.83. The average molecular weight is 309 g/mol. The number of hydrogen-bond acceptors (Lipinski definition) is 4. The molecule has 2 aromatic heterocycles. The fourth-order valence-corrected chi connectivity index (χ4v) is 2.65. The first-order valence-electron chi connectivity index (χ1n) is 7.87. The van der Waals surface area contributed by atoms with E-state index in [-0.39, 0.29) is 0 Å². The molecule has 0 spiro atoms. The van der Waals surface area contributed by atoms with Gasteiger partial charge in [0.2, 0.25) is 0 Å². The smallest absolute Gasteiger partial charge is 0.161 e. The summed E-state index contributed by atoms with van der Waals surface area (Å²) in [7, 11) is 4.14. The van der Waals surface area contributed by atoms with Crippen LogP contribution in [0.4, 0.5) is 5.82 Å². The number of likely N-dealkylation sites (N-methyl/N-ethyl adjacent to an activating group) is 1. The Kier molecular flexibility index (Phi) is 4.30. The molecule has 0 amide bonds. The zero-order chi connectivity index (χ0) is 16.4. The minimum absolute atomic E-state index is 0.866. The zero-order valence-electron chi connectivity index (χ0n) is 14.2. The van der Waals surface area contributed by atoms with Crippen molar-refractivity contribution in [3.63, 3.8) is 0 Å². The van der Waals surface area contributed by atoms with Crippen LogP contribution < -0.4 is 5.32 Å². The number of rotatable bonds is 5. The summed E-state index contributed by atoms with van der Waals surface area (Å²) in [5, 5.41) is 8.27. The molecule has 0 saturated heterocycles. The fraction of sp³-hybridized carbons (Fsp3) is 0.333. The van der Waals surface area contributed by atoms with Crippen molar-refractivity contribution in [2.75, 3.05) is 32.5 Å². The topological polar surface area (TPSA) is 45.5 Å². The van der Waals surface area contributed by atoms with Gasteiger partial charge in [0.1, 0.15) is 5.82 Å². The van der Waals surface area contributed by atoms with Gasteiger partial charge in [-0.1, -0.05) is 30.3 Å². The van der Waals surface area contributed by atoms with Crippen LogP contribution in [0.3, 0.4) is 0 Å². The van der Waals surface area contributed by atoms with E-state index in [1.54, 1.807) is 0 Å². The van der Waals surface area contributed by atoms with Crippen molar-refractivity contribution in [3.8, 4) is 11.3 Å². The maximum absolute atomic E-state index is 4.80. The van der Waals surface area contributed by atoms with E-state index in [0.29, 0.717) is 0 Å². The summed E-state index contributed by atoms with van der Waals surface area (Å²) < 4.78 is 1.92. The zero-order valence-corrected chi connectivity index (χ0v) is 14.2. The second-order valence-electron chi connectivity index (χ2n) is 6.09.